The summed E-state index contributed by atoms with van der Waals surface area (Å²) in [6, 6.07) is 0. The van der Waals surface area contributed by atoms with Crippen molar-refractivity contribution in [2.45, 2.75) is 46.0 Å². The summed E-state index contributed by atoms with van der Waals surface area (Å²) in [7, 11) is 0. The quantitative estimate of drug-likeness (QED) is 0.672. The van der Waals surface area contributed by atoms with Crippen molar-refractivity contribution in [3.8, 4) is 0 Å². The predicted octanol–water partition coefficient (Wildman–Crippen LogP) is 3.39. The first kappa shape index (κ1) is 10.8. The number of hydrogen-bond acceptors (Lipinski definition) is 1. The first-order chi connectivity index (χ1) is 7.52. The standard InChI is InChI=1S/C15H24O/c1-10-13-5-4-12(9-16)15(13)7-6-11(8-15)14(10,2)3/h11-13,16H,1,4-9H2,2-3H3/t11-,12-,13?,15+/m1/s1. The number of fused-ring (bicyclic) bond motifs is 1. The molecule has 0 aromatic rings. The van der Waals surface area contributed by atoms with Crippen LogP contribution in [-0.4, -0.2) is 11.7 Å². The van der Waals surface area contributed by atoms with Gasteiger partial charge in [0.1, 0.15) is 0 Å². The number of rotatable bonds is 1. The Morgan fingerprint density at radius 1 is 1.31 bits per heavy atom. The molecule has 0 aromatic heterocycles. The van der Waals surface area contributed by atoms with Crippen LogP contribution < -0.4 is 0 Å². The fourth-order valence-electron chi connectivity index (χ4n) is 5.14. The van der Waals surface area contributed by atoms with E-state index >= 15 is 0 Å². The van der Waals surface area contributed by atoms with Crippen LogP contribution >= 0.6 is 0 Å². The Balaban J connectivity index is 2.03. The van der Waals surface area contributed by atoms with Gasteiger partial charge in [0.05, 0.1) is 0 Å². The van der Waals surface area contributed by atoms with Crippen LogP contribution in [0.2, 0.25) is 0 Å². The average molecular weight is 220 g/mol. The van der Waals surface area contributed by atoms with E-state index in [0.717, 1.165) is 5.92 Å². The van der Waals surface area contributed by atoms with Crippen molar-refractivity contribution in [1.82, 2.24) is 0 Å². The van der Waals surface area contributed by atoms with E-state index in [4.69, 9.17) is 0 Å². The topological polar surface area (TPSA) is 20.2 Å². The van der Waals surface area contributed by atoms with Gasteiger partial charge < -0.3 is 5.11 Å². The molecule has 3 aliphatic rings. The van der Waals surface area contributed by atoms with Gasteiger partial charge in [0.2, 0.25) is 0 Å². The molecule has 1 spiro atoms. The van der Waals surface area contributed by atoms with Gasteiger partial charge in [-0.05, 0) is 60.7 Å². The predicted molar refractivity (Wildman–Crippen MR) is 66.0 cm³/mol. The molecule has 0 amide bonds. The lowest BCUT2D eigenvalue weighted by molar-refractivity contribution is 0.0515. The number of hydrogen-bond donors (Lipinski definition) is 1. The molecule has 2 bridgehead atoms. The normalized spacial score (nSPS) is 49.4. The third kappa shape index (κ3) is 1.06. The summed E-state index contributed by atoms with van der Waals surface area (Å²) >= 11 is 0. The van der Waals surface area contributed by atoms with E-state index in [0.29, 0.717) is 29.3 Å². The van der Waals surface area contributed by atoms with E-state index < -0.39 is 0 Å². The third-order valence-corrected chi connectivity index (χ3v) is 6.38. The Kier molecular flexibility index (Phi) is 2.12. The molecule has 0 aliphatic heterocycles. The van der Waals surface area contributed by atoms with Gasteiger partial charge in [-0.15, -0.1) is 0 Å². The summed E-state index contributed by atoms with van der Waals surface area (Å²) in [4.78, 5) is 0. The van der Waals surface area contributed by atoms with E-state index in [1.807, 2.05) is 0 Å². The fourth-order valence-corrected chi connectivity index (χ4v) is 5.14. The monoisotopic (exact) mass is 220 g/mol. The third-order valence-electron chi connectivity index (χ3n) is 6.38. The minimum Gasteiger partial charge on any atom is -0.396 e. The molecule has 3 aliphatic carbocycles. The highest BCUT2D eigenvalue weighted by Gasteiger charge is 2.61. The van der Waals surface area contributed by atoms with Crippen molar-refractivity contribution in [1.29, 1.82) is 0 Å². The minimum absolute atomic E-state index is 0.342. The lowest BCUT2D eigenvalue weighted by Crippen LogP contribution is -2.41. The molecule has 0 aromatic carbocycles. The molecular weight excluding hydrogens is 196 g/mol. The molecule has 0 radical (unpaired) electrons. The summed E-state index contributed by atoms with van der Waals surface area (Å²) < 4.78 is 0. The molecule has 1 unspecified atom stereocenters. The summed E-state index contributed by atoms with van der Waals surface area (Å²) in [6.45, 7) is 9.61. The van der Waals surface area contributed by atoms with E-state index in [-0.39, 0.29) is 0 Å². The van der Waals surface area contributed by atoms with Gasteiger partial charge in [-0.25, -0.2) is 0 Å². The molecular formula is C15H24O. The highest BCUT2D eigenvalue weighted by Crippen LogP contribution is 2.69. The van der Waals surface area contributed by atoms with Crippen LogP contribution in [0.3, 0.4) is 0 Å². The Bertz CT molecular complexity index is 330. The van der Waals surface area contributed by atoms with E-state index in [1.165, 1.54) is 37.7 Å². The summed E-state index contributed by atoms with van der Waals surface area (Å²) in [5.74, 6) is 2.09. The lowest BCUT2D eigenvalue weighted by atomic mass is 9.56. The van der Waals surface area contributed by atoms with Crippen LogP contribution in [-0.2, 0) is 0 Å². The molecule has 0 heterocycles. The summed E-state index contributed by atoms with van der Waals surface area (Å²) in [5, 5.41) is 9.61. The number of aliphatic hydroxyl groups is 1. The summed E-state index contributed by atoms with van der Waals surface area (Å²) in [5.41, 5.74) is 2.29. The first-order valence-electron chi connectivity index (χ1n) is 6.82. The van der Waals surface area contributed by atoms with Gasteiger partial charge in [-0.1, -0.05) is 26.0 Å². The van der Waals surface area contributed by atoms with Gasteiger partial charge in [0, 0.05) is 6.61 Å². The minimum atomic E-state index is 0.342. The Hall–Kier alpha value is -0.300. The van der Waals surface area contributed by atoms with E-state index in [2.05, 4.69) is 20.4 Å². The second-order valence-electron chi connectivity index (χ2n) is 6.93. The average Bonchev–Trinajstić information content (AvgIpc) is 2.81. The van der Waals surface area contributed by atoms with E-state index in [1.54, 1.807) is 0 Å². The molecule has 0 saturated heterocycles. The molecule has 1 N–H and O–H groups in total. The number of allylic oxidation sites excluding steroid dienone is 1. The molecule has 1 heteroatoms. The smallest absolute Gasteiger partial charge is 0.0464 e. The van der Waals surface area contributed by atoms with Crippen molar-refractivity contribution >= 4 is 0 Å². The van der Waals surface area contributed by atoms with Crippen molar-refractivity contribution < 1.29 is 5.11 Å². The van der Waals surface area contributed by atoms with Crippen LogP contribution in [0.15, 0.2) is 12.2 Å². The molecule has 3 rings (SSSR count). The molecule has 16 heavy (non-hydrogen) atoms. The van der Waals surface area contributed by atoms with Gasteiger partial charge in [-0.3, -0.25) is 0 Å². The maximum absolute atomic E-state index is 9.61. The van der Waals surface area contributed by atoms with Crippen LogP contribution in [0.1, 0.15) is 46.0 Å². The Morgan fingerprint density at radius 3 is 2.75 bits per heavy atom. The molecule has 1 nitrogen and oxygen atoms in total. The second kappa shape index (κ2) is 3.13. The Labute approximate surface area is 98.9 Å². The highest BCUT2D eigenvalue weighted by molar-refractivity contribution is 5.27. The Morgan fingerprint density at radius 2 is 2.06 bits per heavy atom. The lowest BCUT2D eigenvalue weighted by Gasteiger charge is -2.49. The van der Waals surface area contributed by atoms with Gasteiger partial charge in [-0.2, -0.15) is 0 Å². The molecule has 3 fully saturated rings. The van der Waals surface area contributed by atoms with Crippen molar-refractivity contribution in [3.05, 3.63) is 12.2 Å². The zero-order valence-electron chi connectivity index (χ0n) is 10.6. The van der Waals surface area contributed by atoms with Crippen molar-refractivity contribution in [2.24, 2.45) is 28.6 Å². The van der Waals surface area contributed by atoms with Crippen LogP contribution in [0, 0.1) is 28.6 Å². The zero-order chi connectivity index (χ0) is 11.6. The second-order valence-corrected chi connectivity index (χ2v) is 6.93. The zero-order valence-corrected chi connectivity index (χ0v) is 10.6. The molecule has 4 atom stereocenters. The van der Waals surface area contributed by atoms with E-state index in [9.17, 15) is 5.11 Å². The van der Waals surface area contributed by atoms with Gasteiger partial charge in [0.25, 0.3) is 0 Å². The fraction of sp³-hybridized carbons (Fsp3) is 0.867. The van der Waals surface area contributed by atoms with Gasteiger partial charge >= 0.3 is 0 Å². The molecule has 90 valence electrons. The van der Waals surface area contributed by atoms with Gasteiger partial charge in [0.15, 0.2) is 0 Å². The number of aliphatic hydroxyl groups excluding tert-OH is 1. The largest absolute Gasteiger partial charge is 0.396 e. The SMILES string of the molecule is C=C1C2CC[C@H](CO)[C@@]23CC[C@H](C3)C1(C)C. The van der Waals surface area contributed by atoms with Crippen molar-refractivity contribution in [3.63, 3.8) is 0 Å². The van der Waals surface area contributed by atoms with Crippen LogP contribution in [0.4, 0.5) is 0 Å². The maximum Gasteiger partial charge on any atom is 0.0464 e. The maximum atomic E-state index is 9.61. The van der Waals surface area contributed by atoms with Crippen LogP contribution in [0.25, 0.3) is 0 Å². The van der Waals surface area contributed by atoms with Crippen LogP contribution in [0.5, 0.6) is 0 Å². The first-order valence-corrected chi connectivity index (χ1v) is 6.82. The highest BCUT2D eigenvalue weighted by atomic mass is 16.3. The summed E-state index contributed by atoms with van der Waals surface area (Å²) in [6.07, 6.45) is 6.56. The van der Waals surface area contributed by atoms with Crippen molar-refractivity contribution in [2.75, 3.05) is 6.61 Å². The molecule has 3 saturated carbocycles.